The summed E-state index contributed by atoms with van der Waals surface area (Å²) in [7, 11) is 0. The Hall–Kier alpha value is -1.93. The highest BCUT2D eigenvalue weighted by Crippen LogP contribution is 2.30. The Morgan fingerprint density at radius 3 is 3.00 bits per heavy atom. The lowest BCUT2D eigenvalue weighted by Gasteiger charge is -2.00. The Kier molecular flexibility index (Phi) is 4.16. The molecule has 0 radical (unpaired) electrons. The summed E-state index contributed by atoms with van der Waals surface area (Å²) in [6.45, 7) is 1.88. The van der Waals surface area contributed by atoms with Crippen LogP contribution in [0.15, 0.2) is 39.2 Å². The average Bonchev–Trinajstić information content (AvgIpc) is 3.06. The number of hydrogen-bond donors (Lipinski definition) is 1. The molecule has 3 aromatic rings. The van der Waals surface area contributed by atoms with Crippen molar-refractivity contribution in [2.75, 3.05) is 5.32 Å². The van der Waals surface area contributed by atoms with Gasteiger partial charge >= 0.3 is 0 Å². The molecule has 0 unspecified atom stereocenters. The van der Waals surface area contributed by atoms with E-state index in [0.717, 1.165) is 15.8 Å². The molecule has 0 fully saturated rings. The molecule has 0 saturated carbocycles. The summed E-state index contributed by atoms with van der Waals surface area (Å²) < 4.78 is 19.0. The Bertz CT molecular complexity index is 743. The van der Waals surface area contributed by atoms with Crippen LogP contribution >= 0.6 is 23.1 Å². The van der Waals surface area contributed by atoms with Crippen LogP contribution in [-0.2, 0) is 5.75 Å². The third-order valence-corrected chi connectivity index (χ3v) is 4.49. The fourth-order valence-corrected chi connectivity index (χ4v) is 3.27. The van der Waals surface area contributed by atoms with E-state index < -0.39 is 0 Å². The molecular formula is C13H11FN4OS2. The van der Waals surface area contributed by atoms with E-state index in [1.54, 1.807) is 12.1 Å². The van der Waals surface area contributed by atoms with Crippen LogP contribution < -0.4 is 5.32 Å². The van der Waals surface area contributed by atoms with E-state index in [2.05, 4.69) is 20.7 Å². The zero-order chi connectivity index (χ0) is 14.7. The van der Waals surface area contributed by atoms with Crippen molar-refractivity contribution in [2.24, 2.45) is 0 Å². The number of aromatic nitrogens is 3. The summed E-state index contributed by atoms with van der Waals surface area (Å²) in [5, 5.41) is 15.6. The Morgan fingerprint density at radius 2 is 2.24 bits per heavy atom. The van der Waals surface area contributed by atoms with Crippen molar-refractivity contribution in [3.05, 3.63) is 47.6 Å². The molecule has 108 valence electrons. The first-order valence-corrected chi connectivity index (χ1v) is 7.90. The number of benzene rings is 1. The van der Waals surface area contributed by atoms with E-state index >= 15 is 0 Å². The second kappa shape index (κ2) is 6.23. The Balaban J connectivity index is 1.61. The molecule has 2 aromatic heterocycles. The van der Waals surface area contributed by atoms with Crippen LogP contribution in [0.2, 0.25) is 0 Å². The van der Waals surface area contributed by atoms with Gasteiger partial charge in [0.05, 0.1) is 11.4 Å². The van der Waals surface area contributed by atoms with Gasteiger partial charge in [0.15, 0.2) is 4.34 Å². The predicted octanol–water partition coefficient (Wildman–Crippen LogP) is 4.01. The third-order valence-electron chi connectivity index (χ3n) is 2.50. The molecule has 2 heterocycles. The Morgan fingerprint density at radius 1 is 1.33 bits per heavy atom. The number of nitrogens with one attached hydrogen (secondary N) is 1. The van der Waals surface area contributed by atoms with Gasteiger partial charge < -0.3 is 9.84 Å². The van der Waals surface area contributed by atoms with Gasteiger partial charge in [-0.25, -0.2) is 4.39 Å². The summed E-state index contributed by atoms with van der Waals surface area (Å²) in [5.74, 6) is 1.15. The molecule has 1 N–H and O–H groups in total. The van der Waals surface area contributed by atoms with Gasteiger partial charge in [-0.3, -0.25) is 0 Å². The first-order valence-electron chi connectivity index (χ1n) is 6.10. The third kappa shape index (κ3) is 3.79. The normalized spacial score (nSPS) is 10.8. The van der Waals surface area contributed by atoms with Crippen molar-refractivity contribution >= 4 is 33.9 Å². The number of thioether (sulfide) groups is 1. The van der Waals surface area contributed by atoms with E-state index in [1.807, 2.05) is 13.0 Å². The minimum absolute atomic E-state index is 0.292. The monoisotopic (exact) mass is 322 g/mol. The summed E-state index contributed by atoms with van der Waals surface area (Å²) in [4.78, 5) is 0. The number of anilines is 2. The topological polar surface area (TPSA) is 63.8 Å². The molecule has 3 rings (SSSR count). The number of hydrogen-bond acceptors (Lipinski definition) is 7. The molecule has 5 nitrogen and oxygen atoms in total. The van der Waals surface area contributed by atoms with Crippen LogP contribution in [0, 0.1) is 12.7 Å². The molecule has 0 aliphatic carbocycles. The molecule has 0 aliphatic heterocycles. The summed E-state index contributed by atoms with van der Waals surface area (Å²) in [5.41, 5.74) is 1.50. The van der Waals surface area contributed by atoms with Crippen molar-refractivity contribution in [3.63, 3.8) is 0 Å². The van der Waals surface area contributed by atoms with Crippen LogP contribution in [0.25, 0.3) is 0 Å². The molecule has 0 saturated heterocycles. The SMILES string of the molecule is Cc1cc(CSc2nnc(Nc3cccc(F)c3)s2)on1. The molecule has 8 heteroatoms. The van der Waals surface area contributed by atoms with Crippen LogP contribution in [0.1, 0.15) is 11.5 Å². The highest BCUT2D eigenvalue weighted by molar-refractivity contribution is 8.00. The minimum Gasteiger partial charge on any atom is -0.360 e. The first-order chi connectivity index (χ1) is 10.2. The number of rotatable bonds is 5. The molecule has 0 aliphatic rings. The standard InChI is InChI=1S/C13H11FN4OS2/c1-8-5-11(19-18-8)7-20-13-17-16-12(21-13)15-10-4-2-3-9(14)6-10/h2-6H,7H2,1H3,(H,15,16). The average molecular weight is 322 g/mol. The van der Waals surface area contributed by atoms with Gasteiger partial charge in [0.25, 0.3) is 0 Å². The quantitative estimate of drug-likeness (QED) is 0.716. The molecule has 21 heavy (non-hydrogen) atoms. The summed E-state index contributed by atoms with van der Waals surface area (Å²) >= 11 is 2.92. The maximum atomic E-state index is 13.1. The van der Waals surface area contributed by atoms with Gasteiger partial charge in [-0.05, 0) is 25.1 Å². The van der Waals surface area contributed by atoms with Gasteiger partial charge in [-0.2, -0.15) is 0 Å². The van der Waals surface area contributed by atoms with Gasteiger partial charge in [0.2, 0.25) is 5.13 Å². The summed E-state index contributed by atoms with van der Waals surface area (Å²) in [6, 6.07) is 8.10. The van der Waals surface area contributed by atoms with Crippen molar-refractivity contribution in [3.8, 4) is 0 Å². The summed E-state index contributed by atoms with van der Waals surface area (Å²) in [6.07, 6.45) is 0. The van der Waals surface area contributed by atoms with E-state index in [0.29, 0.717) is 16.6 Å². The van der Waals surface area contributed by atoms with E-state index in [-0.39, 0.29) is 5.82 Å². The molecular weight excluding hydrogens is 311 g/mol. The molecule has 0 bridgehead atoms. The minimum atomic E-state index is -0.292. The van der Waals surface area contributed by atoms with Crippen molar-refractivity contribution in [2.45, 2.75) is 17.0 Å². The van der Waals surface area contributed by atoms with E-state index in [4.69, 9.17) is 4.52 Å². The fourth-order valence-electron chi connectivity index (χ4n) is 1.63. The van der Waals surface area contributed by atoms with Gasteiger partial charge in [0.1, 0.15) is 11.6 Å². The zero-order valence-corrected chi connectivity index (χ0v) is 12.7. The zero-order valence-electron chi connectivity index (χ0n) is 11.0. The Labute approximate surface area is 128 Å². The lowest BCUT2D eigenvalue weighted by atomic mass is 10.3. The number of nitrogens with zero attached hydrogens (tertiary/aromatic N) is 3. The molecule has 0 atom stereocenters. The molecule has 1 aromatic carbocycles. The van der Waals surface area contributed by atoms with Gasteiger partial charge in [-0.15, -0.1) is 10.2 Å². The fraction of sp³-hybridized carbons (Fsp3) is 0.154. The largest absolute Gasteiger partial charge is 0.360 e. The first kappa shape index (κ1) is 14.0. The second-order valence-corrected chi connectivity index (χ2v) is 6.43. The lowest BCUT2D eigenvalue weighted by molar-refractivity contribution is 0.391. The molecule has 0 amide bonds. The van der Waals surface area contributed by atoms with Crippen LogP contribution in [-0.4, -0.2) is 15.4 Å². The second-order valence-electron chi connectivity index (χ2n) is 4.23. The maximum Gasteiger partial charge on any atom is 0.210 e. The number of halogens is 1. The highest BCUT2D eigenvalue weighted by atomic mass is 32.2. The van der Waals surface area contributed by atoms with Crippen molar-refractivity contribution in [1.82, 2.24) is 15.4 Å². The van der Waals surface area contributed by atoms with Crippen LogP contribution in [0.3, 0.4) is 0 Å². The van der Waals surface area contributed by atoms with E-state index in [9.17, 15) is 4.39 Å². The highest BCUT2D eigenvalue weighted by Gasteiger charge is 2.08. The van der Waals surface area contributed by atoms with Gasteiger partial charge in [0, 0.05) is 11.8 Å². The maximum absolute atomic E-state index is 13.1. The van der Waals surface area contributed by atoms with Crippen molar-refractivity contribution in [1.29, 1.82) is 0 Å². The van der Waals surface area contributed by atoms with Crippen LogP contribution in [0.5, 0.6) is 0 Å². The van der Waals surface area contributed by atoms with E-state index in [1.165, 1.54) is 35.2 Å². The predicted molar refractivity (Wildman–Crippen MR) is 80.4 cm³/mol. The smallest absolute Gasteiger partial charge is 0.210 e. The van der Waals surface area contributed by atoms with Crippen LogP contribution in [0.4, 0.5) is 15.2 Å². The number of aryl methyl sites for hydroxylation is 1. The molecule has 0 spiro atoms. The van der Waals surface area contributed by atoms with Crippen molar-refractivity contribution < 1.29 is 8.91 Å². The van der Waals surface area contributed by atoms with Gasteiger partial charge in [-0.1, -0.05) is 34.3 Å². The lowest BCUT2D eigenvalue weighted by Crippen LogP contribution is -1.89.